The minimum atomic E-state index is -0.217. The van der Waals surface area contributed by atoms with Crippen molar-refractivity contribution in [1.82, 2.24) is 0 Å². The quantitative estimate of drug-likeness (QED) is 0.821. The van der Waals surface area contributed by atoms with Crippen LogP contribution in [0.1, 0.15) is 47.6 Å². The van der Waals surface area contributed by atoms with E-state index in [0.717, 1.165) is 11.8 Å². The molecule has 0 spiro atoms. The highest BCUT2D eigenvalue weighted by Crippen LogP contribution is 2.62. The van der Waals surface area contributed by atoms with Crippen molar-refractivity contribution in [2.75, 3.05) is 0 Å². The van der Waals surface area contributed by atoms with E-state index in [1.165, 1.54) is 41.5 Å². The van der Waals surface area contributed by atoms with Crippen LogP contribution in [0.2, 0.25) is 0 Å². The topological polar surface area (TPSA) is 20.2 Å². The van der Waals surface area contributed by atoms with E-state index in [4.69, 9.17) is 0 Å². The summed E-state index contributed by atoms with van der Waals surface area (Å²) in [6, 6.07) is 4.40. The molecule has 2 fully saturated rings. The third kappa shape index (κ3) is 1.72. The molecule has 2 aliphatic carbocycles. The maximum absolute atomic E-state index is 10.6. The first-order chi connectivity index (χ1) is 8.09. The molecular weight excluding hydrogens is 208 g/mol. The fourth-order valence-electron chi connectivity index (χ4n) is 4.20. The molecule has 0 heterocycles. The Bertz CT molecular complexity index is 416. The molecule has 3 atom stereocenters. The standard InChI is InChI=1S/C16H22O/c1-9-7-10(2)14(11(3)8-9)16(17)15-12-5-4-6-13(12)15/h7-8,12-13,15-17H,4-6H2,1-3H3. The number of benzene rings is 1. The zero-order chi connectivity index (χ0) is 12.2. The third-order valence-corrected chi connectivity index (χ3v) is 4.87. The lowest BCUT2D eigenvalue weighted by molar-refractivity contribution is 0.136. The first-order valence-corrected chi connectivity index (χ1v) is 6.85. The Morgan fingerprint density at radius 3 is 2.12 bits per heavy atom. The lowest BCUT2D eigenvalue weighted by Gasteiger charge is -2.19. The predicted octanol–water partition coefficient (Wildman–Crippen LogP) is 3.69. The van der Waals surface area contributed by atoms with E-state index in [9.17, 15) is 5.11 Å². The summed E-state index contributed by atoms with van der Waals surface area (Å²) in [5.74, 6) is 2.21. The lowest BCUT2D eigenvalue weighted by atomic mass is 9.91. The van der Waals surface area contributed by atoms with Crippen LogP contribution >= 0.6 is 0 Å². The second-order valence-electron chi connectivity index (χ2n) is 6.09. The summed E-state index contributed by atoms with van der Waals surface area (Å²) in [7, 11) is 0. The maximum Gasteiger partial charge on any atom is 0.0828 e. The van der Waals surface area contributed by atoms with Crippen molar-refractivity contribution in [3.8, 4) is 0 Å². The summed E-state index contributed by atoms with van der Waals surface area (Å²) in [6.45, 7) is 6.40. The zero-order valence-electron chi connectivity index (χ0n) is 11.0. The van der Waals surface area contributed by atoms with Gasteiger partial charge in [-0.3, -0.25) is 0 Å². The predicted molar refractivity (Wildman–Crippen MR) is 69.9 cm³/mol. The van der Waals surface area contributed by atoms with Crippen LogP contribution in [0.3, 0.4) is 0 Å². The van der Waals surface area contributed by atoms with Gasteiger partial charge in [-0.25, -0.2) is 0 Å². The van der Waals surface area contributed by atoms with Crippen molar-refractivity contribution in [2.45, 2.75) is 46.1 Å². The van der Waals surface area contributed by atoms with E-state index < -0.39 is 0 Å². The molecule has 1 heteroatoms. The molecule has 0 bridgehead atoms. The Balaban J connectivity index is 1.89. The van der Waals surface area contributed by atoms with Crippen LogP contribution < -0.4 is 0 Å². The molecule has 1 nitrogen and oxygen atoms in total. The summed E-state index contributed by atoms with van der Waals surface area (Å²) in [4.78, 5) is 0. The van der Waals surface area contributed by atoms with Crippen LogP contribution in [-0.2, 0) is 0 Å². The van der Waals surface area contributed by atoms with Crippen LogP contribution in [0.5, 0.6) is 0 Å². The first-order valence-electron chi connectivity index (χ1n) is 6.85. The number of rotatable bonds is 2. The smallest absolute Gasteiger partial charge is 0.0828 e. The fourth-order valence-corrected chi connectivity index (χ4v) is 4.20. The number of aliphatic hydroxyl groups excluding tert-OH is 1. The third-order valence-electron chi connectivity index (χ3n) is 4.87. The van der Waals surface area contributed by atoms with Gasteiger partial charge in [-0.1, -0.05) is 24.1 Å². The summed E-state index contributed by atoms with van der Waals surface area (Å²) < 4.78 is 0. The highest BCUT2D eigenvalue weighted by molar-refractivity contribution is 5.40. The van der Waals surface area contributed by atoms with Gasteiger partial charge in [-0.15, -0.1) is 0 Å². The van der Waals surface area contributed by atoms with E-state index in [2.05, 4.69) is 32.9 Å². The van der Waals surface area contributed by atoms with Crippen LogP contribution in [0.15, 0.2) is 12.1 Å². The Morgan fingerprint density at radius 1 is 1.06 bits per heavy atom. The average molecular weight is 230 g/mol. The van der Waals surface area contributed by atoms with Crippen LogP contribution in [-0.4, -0.2) is 5.11 Å². The van der Waals surface area contributed by atoms with E-state index in [-0.39, 0.29) is 6.10 Å². The highest BCUT2D eigenvalue weighted by atomic mass is 16.3. The second kappa shape index (κ2) is 3.84. The molecule has 1 N–H and O–H groups in total. The molecule has 3 rings (SSSR count). The van der Waals surface area contributed by atoms with Gasteiger partial charge < -0.3 is 5.11 Å². The highest BCUT2D eigenvalue weighted by Gasteiger charge is 2.56. The van der Waals surface area contributed by atoms with Crippen LogP contribution in [0.4, 0.5) is 0 Å². The van der Waals surface area contributed by atoms with Crippen molar-refractivity contribution in [3.63, 3.8) is 0 Å². The molecule has 3 unspecified atom stereocenters. The Morgan fingerprint density at radius 2 is 1.59 bits per heavy atom. The second-order valence-corrected chi connectivity index (χ2v) is 6.09. The van der Waals surface area contributed by atoms with Crippen molar-refractivity contribution < 1.29 is 5.11 Å². The maximum atomic E-state index is 10.6. The van der Waals surface area contributed by atoms with Crippen molar-refractivity contribution >= 4 is 0 Å². The first kappa shape index (κ1) is 11.3. The van der Waals surface area contributed by atoms with E-state index in [0.29, 0.717) is 5.92 Å². The molecule has 2 aliphatic rings. The van der Waals surface area contributed by atoms with Crippen molar-refractivity contribution in [1.29, 1.82) is 0 Å². The van der Waals surface area contributed by atoms with Gasteiger partial charge in [0.25, 0.3) is 0 Å². The van der Waals surface area contributed by atoms with Gasteiger partial charge in [-0.05, 0) is 68.1 Å². The lowest BCUT2D eigenvalue weighted by Crippen LogP contribution is -2.08. The van der Waals surface area contributed by atoms with Gasteiger partial charge in [-0.2, -0.15) is 0 Å². The molecular formula is C16H22O. The van der Waals surface area contributed by atoms with Crippen molar-refractivity contribution in [3.05, 3.63) is 34.4 Å². The monoisotopic (exact) mass is 230 g/mol. The SMILES string of the molecule is Cc1cc(C)c(C(O)C2C3CCCC32)c(C)c1. The summed E-state index contributed by atoms with van der Waals surface area (Å²) >= 11 is 0. The number of hydrogen-bond donors (Lipinski definition) is 1. The number of fused-ring (bicyclic) bond motifs is 1. The number of aryl methyl sites for hydroxylation is 3. The van der Waals surface area contributed by atoms with Gasteiger partial charge in [0.1, 0.15) is 0 Å². The number of hydrogen-bond acceptors (Lipinski definition) is 1. The molecule has 0 amide bonds. The van der Waals surface area contributed by atoms with Gasteiger partial charge in [0.05, 0.1) is 6.10 Å². The molecule has 2 saturated carbocycles. The van der Waals surface area contributed by atoms with Gasteiger partial charge in [0.2, 0.25) is 0 Å². The largest absolute Gasteiger partial charge is 0.388 e. The molecule has 0 radical (unpaired) electrons. The van der Waals surface area contributed by atoms with Gasteiger partial charge >= 0.3 is 0 Å². The van der Waals surface area contributed by atoms with E-state index in [1.54, 1.807) is 0 Å². The molecule has 0 saturated heterocycles. The van der Waals surface area contributed by atoms with E-state index >= 15 is 0 Å². The van der Waals surface area contributed by atoms with Crippen LogP contribution in [0, 0.1) is 38.5 Å². The molecule has 1 aromatic carbocycles. The normalized spacial score (nSPS) is 32.4. The minimum Gasteiger partial charge on any atom is -0.388 e. The van der Waals surface area contributed by atoms with Crippen LogP contribution in [0.25, 0.3) is 0 Å². The summed E-state index contributed by atoms with van der Waals surface area (Å²) in [5, 5.41) is 10.6. The Hall–Kier alpha value is -0.820. The summed E-state index contributed by atoms with van der Waals surface area (Å²) in [5.41, 5.74) is 5.03. The molecule has 0 aliphatic heterocycles. The van der Waals surface area contributed by atoms with Crippen molar-refractivity contribution in [2.24, 2.45) is 17.8 Å². The Kier molecular flexibility index (Phi) is 2.55. The van der Waals surface area contributed by atoms with Gasteiger partial charge in [0.15, 0.2) is 0 Å². The zero-order valence-corrected chi connectivity index (χ0v) is 11.0. The molecule has 92 valence electrons. The molecule has 0 aromatic heterocycles. The average Bonchev–Trinajstić information content (AvgIpc) is 2.71. The number of aliphatic hydroxyl groups is 1. The molecule has 17 heavy (non-hydrogen) atoms. The minimum absolute atomic E-state index is 0.217. The van der Waals surface area contributed by atoms with Gasteiger partial charge in [0, 0.05) is 0 Å². The van der Waals surface area contributed by atoms with E-state index in [1.807, 2.05) is 0 Å². The summed E-state index contributed by atoms with van der Waals surface area (Å²) in [6.07, 6.45) is 3.85. The fraction of sp³-hybridized carbons (Fsp3) is 0.625. The molecule has 1 aromatic rings. The Labute approximate surface area is 104 Å².